The molecule has 0 aliphatic carbocycles. The topological polar surface area (TPSA) is 79.3 Å². The van der Waals surface area contributed by atoms with Crippen LogP contribution in [-0.4, -0.2) is 31.7 Å². The molecule has 1 aromatic heterocycles. The molecule has 1 atom stereocenters. The summed E-state index contributed by atoms with van der Waals surface area (Å²) in [6, 6.07) is 6.36. The minimum absolute atomic E-state index is 0.0384. The van der Waals surface area contributed by atoms with E-state index in [1.807, 2.05) is 6.92 Å². The molecule has 114 valence electrons. The van der Waals surface area contributed by atoms with E-state index in [1.165, 1.54) is 12.1 Å². The summed E-state index contributed by atoms with van der Waals surface area (Å²) < 4.78 is 27.4. The lowest BCUT2D eigenvalue weighted by Crippen LogP contribution is -2.29. The molecule has 2 rings (SSSR count). The van der Waals surface area contributed by atoms with Crippen molar-refractivity contribution in [2.45, 2.75) is 18.2 Å². The molecule has 0 saturated carbocycles. The van der Waals surface area contributed by atoms with Gasteiger partial charge in [-0.25, -0.2) is 13.1 Å². The van der Waals surface area contributed by atoms with E-state index in [0.717, 1.165) is 0 Å². The largest absolute Gasteiger partial charge is 0.396 e. The van der Waals surface area contributed by atoms with Crippen LogP contribution >= 0.6 is 11.6 Å². The molecule has 0 bridgehead atoms. The molecule has 0 fully saturated rings. The molecule has 7 heteroatoms. The van der Waals surface area contributed by atoms with Gasteiger partial charge >= 0.3 is 0 Å². The fraction of sp³-hybridized carbons (Fsp3) is 0.357. The van der Waals surface area contributed by atoms with Crippen molar-refractivity contribution in [2.75, 3.05) is 13.2 Å². The third-order valence-electron chi connectivity index (χ3n) is 3.21. The molecule has 1 heterocycles. The van der Waals surface area contributed by atoms with Gasteiger partial charge in [-0.2, -0.15) is 0 Å². The molecule has 2 N–H and O–H groups in total. The van der Waals surface area contributed by atoms with Crippen LogP contribution in [0.1, 0.15) is 13.3 Å². The van der Waals surface area contributed by atoms with Crippen LogP contribution in [-0.2, 0) is 10.0 Å². The number of fused-ring (bicyclic) bond motifs is 1. The van der Waals surface area contributed by atoms with Gasteiger partial charge in [0.25, 0.3) is 0 Å². The van der Waals surface area contributed by atoms with Crippen LogP contribution in [0.25, 0.3) is 10.9 Å². The molecule has 21 heavy (non-hydrogen) atoms. The zero-order chi connectivity index (χ0) is 15.5. The van der Waals surface area contributed by atoms with E-state index >= 15 is 0 Å². The summed E-state index contributed by atoms with van der Waals surface area (Å²) in [7, 11) is -3.65. The Kier molecular flexibility index (Phi) is 5.16. The predicted octanol–water partition coefficient (Wildman–Crippen LogP) is 2.19. The number of nitrogens with zero attached hydrogens (tertiary/aromatic N) is 1. The van der Waals surface area contributed by atoms with Crippen molar-refractivity contribution in [3.8, 4) is 0 Å². The Morgan fingerprint density at radius 2 is 2.14 bits per heavy atom. The van der Waals surface area contributed by atoms with Gasteiger partial charge in [0, 0.05) is 24.7 Å². The van der Waals surface area contributed by atoms with Crippen LogP contribution in [0.3, 0.4) is 0 Å². The molecular formula is C14H17ClN2O3S. The molecule has 0 aliphatic rings. The van der Waals surface area contributed by atoms with Crippen LogP contribution in [0.15, 0.2) is 35.4 Å². The number of hydrogen-bond donors (Lipinski definition) is 2. The second-order valence-electron chi connectivity index (χ2n) is 4.91. The average Bonchev–Trinajstić information content (AvgIpc) is 2.46. The minimum atomic E-state index is -3.65. The van der Waals surface area contributed by atoms with Gasteiger partial charge in [0.2, 0.25) is 10.0 Å². The maximum atomic E-state index is 12.4. The Labute approximate surface area is 129 Å². The lowest BCUT2D eigenvalue weighted by atomic mass is 10.1. The molecule has 1 unspecified atom stereocenters. The number of benzene rings is 1. The molecule has 0 spiro atoms. The lowest BCUT2D eigenvalue weighted by molar-refractivity contribution is 0.263. The number of pyridine rings is 1. The number of halogens is 1. The van der Waals surface area contributed by atoms with Crippen molar-refractivity contribution in [3.63, 3.8) is 0 Å². The van der Waals surface area contributed by atoms with E-state index in [-0.39, 0.29) is 24.0 Å². The molecule has 5 nitrogen and oxygen atoms in total. The highest BCUT2D eigenvalue weighted by molar-refractivity contribution is 7.89. The van der Waals surface area contributed by atoms with Gasteiger partial charge in [-0.1, -0.05) is 18.5 Å². The summed E-state index contributed by atoms with van der Waals surface area (Å²) in [5.41, 5.74) is 0.463. The van der Waals surface area contributed by atoms with Gasteiger partial charge in [0.15, 0.2) is 0 Å². The molecule has 0 amide bonds. The Bertz CT molecular complexity index is 734. The molecule has 0 saturated heterocycles. The van der Waals surface area contributed by atoms with Crippen molar-refractivity contribution >= 4 is 32.5 Å². The molecule has 0 aliphatic heterocycles. The predicted molar refractivity (Wildman–Crippen MR) is 82.8 cm³/mol. The molecule has 1 aromatic carbocycles. The summed E-state index contributed by atoms with van der Waals surface area (Å²) in [6.45, 7) is 2.18. The van der Waals surface area contributed by atoms with Gasteiger partial charge in [0.05, 0.1) is 15.4 Å². The van der Waals surface area contributed by atoms with Gasteiger partial charge < -0.3 is 5.11 Å². The first-order chi connectivity index (χ1) is 9.95. The summed E-state index contributed by atoms with van der Waals surface area (Å²) in [4.78, 5) is 4.28. The van der Waals surface area contributed by atoms with E-state index in [4.69, 9.17) is 16.7 Å². The van der Waals surface area contributed by atoms with Crippen LogP contribution in [0.5, 0.6) is 0 Å². The Hall–Kier alpha value is -1.21. The number of hydrogen-bond acceptors (Lipinski definition) is 4. The quantitative estimate of drug-likeness (QED) is 0.852. The van der Waals surface area contributed by atoms with Gasteiger partial charge in [-0.05, 0) is 36.6 Å². The zero-order valence-corrected chi connectivity index (χ0v) is 13.2. The van der Waals surface area contributed by atoms with Gasteiger partial charge in [0.1, 0.15) is 0 Å². The molecule has 0 radical (unpaired) electrons. The highest BCUT2D eigenvalue weighted by Gasteiger charge is 2.19. The highest BCUT2D eigenvalue weighted by atomic mass is 35.5. The number of rotatable bonds is 6. The van der Waals surface area contributed by atoms with Gasteiger partial charge in [-0.15, -0.1) is 0 Å². The minimum Gasteiger partial charge on any atom is -0.396 e. The second-order valence-corrected chi connectivity index (χ2v) is 7.06. The second kappa shape index (κ2) is 6.70. The van der Waals surface area contributed by atoms with Crippen molar-refractivity contribution < 1.29 is 13.5 Å². The van der Waals surface area contributed by atoms with Crippen molar-refractivity contribution in [1.82, 2.24) is 9.71 Å². The van der Waals surface area contributed by atoms with Crippen molar-refractivity contribution in [3.05, 3.63) is 35.5 Å². The lowest BCUT2D eigenvalue weighted by Gasteiger charge is -2.13. The number of sulfonamides is 1. The highest BCUT2D eigenvalue weighted by Crippen LogP contribution is 2.27. The first kappa shape index (κ1) is 16.2. The number of nitrogens with one attached hydrogen (secondary N) is 1. The normalized spacial score (nSPS) is 13.5. The van der Waals surface area contributed by atoms with Crippen LogP contribution in [0.4, 0.5) is 0 Å². The Morgan fingerprint density at radius 1 is 1.38 bits per heavy atom. The van der Waals surface area contributed by atoms with E-state index < -0.39 is 10.0 Å². The van der Waals surface area contributed by atoms with Gasteiger partial charge in [-0.3, -0.25) is 4.98 Å². The fourth-order valence-electron chi connectivity index (χ4n) is 2.00. The summed E-state index contributed by atoms with van der Waals surface area (Å²) in [5, 5.41) is 9.76. The first-order valence-electron chi connectivity index (χ1n) is 6.59. The third kappa shape index (κ3) is 3.71. The Morgan fingerprint density at radius 3 is 2.86 bits per heavy atom. The molecular weight excluding hydrogens is 312 g/mol. The van der Waals surface area contributed by atoms with Crippen molar-refractivity contribution in [2.24, 2.45) is 5.92 Å². The third-order valence-corrected chi connectivity index (χ3v) is 5.00. The van der Waals surface area contributed by atoms with Crippen molar-refractivity contribution in [1.29, 1.82) is 0 Å². The van der Waals surface area contributed by atoms with Crippen LogP contribution in [0.2, 0.25) is 5.02 Å². The maximum absolute atomic E-state index is 12.4. The molecule has 2 aromatic rings. The van der Waals surface area contributed by atoms with E-state index in [1.54, 1.807) is 18.3 Å². The Balaban J connectivity index is 2.35. The number of aromatic nitrogens is 1. The summed E-state index contributed by atoms with van der Waals surface area (Å²) in [6.07, 6.45) is 2.12. The van der Waals surface area contributed by atoms with Crippen LogP contribution in [0, 0.1) is 5.92 Å². The smallest absolute Gasteiger partial charge is 0.241 e. The van der Waals surface area contributed by atoms with E-state index in [9.17, 15) is 8.42 Å². The fourth-order valence-corrected chi connectivity index (χ4v) is 3.57. The SMILES string of the molecule is CC(CCO)CNS(=O)(=O)c1ccc(Cl)c2ncccc12. The number of aliphatic hydroxyl groups is 1. The zero-order valence-electron chi connectivity index (χ0n) is 11.6. The first-order valence-corrected chi connectivity index (χ1v) is 8.45. The average molecular weight is 329 g/mol. The summed E-state index contributed by atoms with van der Waals surface area (Å²) in [5.74, 6) is 0.0569. The monoisotopic (exact) mass is 328 g/mol. The number of aliphatic hydroxyl groups excluding tert-OH is 1. The summed E-state index contributed by atoms with van der Waals surface area (Å²) >= 11 is 6.04. The standard InChI is InChI=1S/C14H17ClN2O3S/c1-10(6-8-18)9-17-21(19,20)13-5-4-12(15)14-11(13)3-2-7-16-14/h2-5,7,10,17-18H,6,8-9H2,1H3. The van der Waals surface area contributed by atoms with E-state index in [2.05, 4.69) is 9.71 Å². The van der Waals surface area contributed by atoms with E-state index in [0.29, 0.717) is 22.3 Å². The maximum Gasteiger partial charge on any atom is 0.241 e. The van der Waals surface area contributed by atoms with Crippen LogP contribution < -0.4 is 4.72 Å².